The first kappa shape index (κ1) is 15.0. The lowest BCUT2D eigenvalue weighted by atomic mass is 10.1. The molecular formula is C17H20N6O. The van der Waals surface area contributed by atoms with E-state index in [1.165, 1.54) is 0 Å². The molecule has 0 aromatic carbocycles. The van der Waals surface area contributed by atoms with Gasteiger partial charge < -0.3 is 10.5 Å². The summed E-state index contributed by atoms with van der Waals surface area (Å²) in [7, 11) is 1.97. The Hall–Kier alpha value is -2.51. The zero-order valence-corrected chi connectivity index (χ0v) is 13.6. The highest BCUT2D eigenvalue weighted by Gasteiger charge is 2.17. The number of aryl methyl sites for hydroxylation is 1. The molecule has 7 nitrogen and oxygen atoms in total. The summed E-state index contributed by atoms with van der Waals surface area (Å²) >= 11 is 0. The third-order valence-corrected chi connectivity index (χ3v) is 4.44. The summed E-state index contributed by atoms with van der Waals surface area (Å²) in [5.74, 6) is 0.513. The third kappa shape index (κ3) is 2.83. The molecule has 0 unspecified atom stereocenters. The van der Waals surface area contributed by atoms with Crippen molar-refractivity contribution in [1.82, 2.24) is 24.6 Å². The molecule has 0 aliphatic carbocycles. The minimum atomic E-state index is 0.513. The predicted octanol–water partition coefficient (Wildman–Crippen LogP) is 1.44. The standard InChI is InChI=1S/C17H20N6O/c1-22-16(11-23-2-4-24-5-3-23)14(10-21-22)15-6-12-7-17(18)20-9-13(12)8-19-15/h6-10H,2-5,11H2,1H3,(H2,18,20). The van der Waals surface area contributed by atoms with Crippen LogP contribution in [0.1, 0.15) is 5.69 Å². The number of hydrogen-bond acceptors (Lipinski definition) is 6. The van der Waals surface area contributed by atoms with E-state index in [2.05, 4.69) is 20.0 Å². The summed E-state index contributed by atoms with van der Waals surface area (Å²) in [6.45, 7) is 4.30. The van der Waals surface area contributed by atoms with Crippen molar-refractivity contribution in [3.05, 3.63) is 36.4 Å². The highest BCUT2D eigenvalue weighted by atomic mass is 16.5. The Bertz CT molecular complexity index is 869. The van der Waals surface area contributed by atoms with E-state index in [-0.39, 0.29) is 0 Å². The summed E-state index contributed by atoms with van der Waals surface area (Å²) in [6, 6.07) is 3.92. The molecule has 0 spiro atoms. The molecule has 3 aromatic heterocycles. The molecule has 0 amide bonds. The van der Waals surface area contributed by atoms with Crippen molar-refractivity contribution in [3.63, 3.8) is 0 Å². The van der Waals surface area contributed by atoms with Gasteiger partial charge in [-0.25, -0.2) is 4.98 Å². The van der Waals surface area contributed by atoms with Crippen molar-refractivity contribution in [2.45, 2.75) is 6.54 Å². The van der Waals surface area contributed by atoms with E-state index in [9.17, 15) is 0 Å². The van der Waals surface area contributed by atoms with Crippen molar-refractivity contribution >= 4 is 16.6 Å². The van der Waals surface area contributed by atoms with Gasteiger partial charge in [0.15, 0.2) is 0 Å². The molecule has 0 saturated carbocycles. The Morgan fingerprint density at radius 2 is 1.88 bits per heavy atom. The van der Waals surface area contributed by atoms with E-state index in [0.717, 1.165) is 60.6 Å². The van der Waals surface area contributed by atoms with Crippen LogP contribution in [-0.4, -0.2) is 51.0 Å². The van der Waals surface area contributed by atoms with Crippen molar-refractivity contribution in [3.8, 4) is 11.3 Å². The maximum atomic E-state index is 5.80. The molecule has 4 heterocycles. The van der Waals surface area contributed by atoms with Gasteiger partial charge in [-0.15, -0.1) is 0 Å². The third-order valence-electron chi connectivity index (χ3n) is 4.44. The Balaban J connectivity index is 1.71. The molecule has 0 bridgehead atoms. The fourth-order valence-electron chi connectivity index (χ4n) is 3.04. The Labute approximate surface area is 140 Å². The molecule has 24 heavy (non-hydrogen) atoms. The van der Waals surface area contributed by atoms with Crippen LogP contribution in [0.5, 0.6) is 0 Å². The number of rotatable bonds is 3. The average molecular weight is 324 g/mol. The van der Waals surface area contributed by atoms with Crippen LogP contribution in [-0.2, 0) is 18.3 Å². The molecule has 4 rings (SSSR count). The van der Waals surface area contributed by atoms with Gasteiger partial charge in [0.1, 0.15) is 5.82 Å². The Morgan fingerprint density at radius 3 is 2.71 bits per heavy atom. The molecule has 0 atom stereocenters. The number of hydrogen-bond donors (Lipinski definition) is 1. The molecule has 3 aromatic rings. The largest absolute Gasteiger partial charge is 0.384 e. The van der Waals surface area contributed by atoms with Crippen LogP contribution in [0, 0.1) is 0 Å². The fraction of sp³-hybridized carbons (Fsp3) is 0.353. The van der Waals surface area contributed by atoms with Gasteiger partial charge >= 0.3 is 0 Å². The van der Waals surface area contributed by atoms with E-state index in [1.54, 1.807) is 6.20 Å². The monoisotopic (exact) mass is 324 g/mol. The number of aromatic nitrogens is 4. The summed E-state index contributed by atoms with van der Waals surface area (Å²) in [5.41, 5.74) is 8.93. The fourth-order valence-corrected chi connectivity index (χ4v) is 3.04. The average Bonchev–Trinajstić information content (AvgIpc) is 2.96. The van der Waals surface area contributed by atoms with E-state index >= 15 is 0 Å². The molecule has 1 saturated heterocycles. The maximum Gasteiger partial charge on any atom is 0.123 e. The summed E-state index contributed by atoms with van der Waals surface area (Å²) in [5, 5.41) is 6.45. The first-order valence-corrected chi connectivity index (χ1v) is 8.03. The molecule has 124 valence electrons. The lowest BCUT2D eigenvalue weighted by Crippen LogP contribution is -2.36. The normalized spacial score (nSPS) is 15.9. The predicted molar refractivity (Wildman–Crippen MR) is 92.2 cm³/mol. The van der Waals surface area contributed by atoms with Crippen LogP contribution in [0.4, 0.5) is 5.82 Å². The van der Waals surface area contributed by atoms with Crippen molar-refractivity contribution in [2.75, 3.05) is 32.0 Å². The van der Waals surface area contributed by atoms with E-state index < -0.39 is 0 Å². The molecule has 1 aliphatic heterocycles. The second-order valence-electron chi connectivity index (χ2n) is 6.04. The highest BCUT2D eigenvalue weighted by molar-refractivity contribution is 5.86. The zero-order valence-electron chi connectivity index (χ0n) is 13.6. The number of fused-ring (bicyclic) bond motifs is 1. The van der Waals surface area contributed by atoms with Crippen LogP contribution in [0.15, 0.2) is 30.7 Å². The first-order chi connectivity index (χ1) is 11.7. The number of anilines is 1. The maximum absolute atomic E-state index is 5.80. The van der Waals surface area contributed by atoms with E-state index in [0.29, 0.717) is 5.82 Å². The molecule has 0 radical (unpaired) electrons. The van der Waals surface area contributed by atoms with Gasteiger partial charge in [-0.05, 0) is 17.5 Å². The highest BCUT2D eigenvalue weighted by Crippen LogP contribution is 2.26. The minimum absolute atomic E-state index is 0.513. The van der Waals surface area contributed by atoms with Gasteiger partial charge in [-0.1, -0.05) is 0 Å². The second-order valence-corrected chi connectivity index (χ2v) is 6.04. The number of nitrogens with two attached hydrogens (primary N) is 1. The smallest absolute Gasteiger partial charge is 0.123 e. The lowest BCUT2D eigenvalue weighted by molar-refractivity contribution is 0.0332. The van der Waals surface area contributed by atoms with Crippen LogP contribution in [0.25, 0.3) is 22.0 Å². The van der Waals surface area contributed by atoms with Gasteiger partial charge in [-0.2, -0.15) is 5.10 Å². The van der Waals surface area contributed by atoms with Crippen molar-refractivity contribution in [2.24, 2.45) is 7.05 Å². The Morgan fingerprint density at radius 1 is 1.08 bits per heavy atom. The van der Waals surface area contributed by atoms with Crippen LogP contribution < -0.4 is 5.73 Å². The molecular weight excluding hydrogens is 304 g/mol. The second kappa shape index (κ2) is 6.18. The number of pyridine rings is 2. The van der Waals surface area contributed by atoms with Gasteiger partial charge in [0.25, 0.3) is 0 Å². The molecule has 1 aliphatic rings. The SMILES string of the molecule is Cn1ncc(-c2cc3cc(N)ncc3cn2)c1CN1CCOCC1. The van der Waals surface area contributed by atoms with E-state index in [4.69, 9.17) is 10.5 Å². The van der Waals surface area contributed by atoms with Crippen LogP contribution in [0.3, 0.4) is 0 Å². The topological polar surface area (TPSA) is 82.1 Å². The van der Waals surface area contributed by atoms with Gasteiger partial charge in [0.05, 0.1) is 30.8 Å². The molecule has 7 heteroatoms. The van der Waals surface area contributed by atoms with E-state index in [1.807, 2.05) is 36.3 Å². The number of ether oxygens (including phenoxy) is 1. The quantitative estimate of drug-likeness (QED) is 0.785. The zero-order chi connectivity index (χ0) is 16.5. The summed E-state index contributed by atoms with van der Waals surface area (Å²) < 4.78 is 7.36. The lowest BCUT2D eigenvalue weighted by Gasteiger charge is -2.26. The van der Waals surface area contributed by atoms with Gasteiger partial charge in [0.2, 0.25) is 0 Å². The number of morpholine rings is 1. The van der Waals surface area contributed by atoms with Crippen molar-refractivity contribution < 1.29 is 4.74 Å². The first-order valence-electron chi connectivity index (χ1n) is 8.03. The van der Waals surface area contributed by atoms with Gasteiger partial charge in [0, 0.05) is 50.0 Å². The van der Waals surface area contributed by atoms with Crippen LogP contribution >= 0.6 is 0 Å². The summed E-state index contributed by atoms with van der Waals surface area (Å²) in [6.07, 6.45) is 5.47. The molecule has 2 N–H and O–H groups in total. The Kier molecular flexibility index (Phi) is 3.87. The minimum Gasteiger partial charge on any atom is -0.384 e. The molecule has 1 fully saturated rings. The number of nitrogen functional groups attached to an aromatic ring is 1. The number of nitrogens with zero attached hydrogens (tertiary/aromatic N) is 5. The van der Waals surface area contributed by atoms with Gasteiger partial charge in [-0.3, -0.25) is 14.6 Å². The van der Waals surface area contributed by atoms with Crippen LogP contribution in [0.2, 0.25) is 0 Å². The summed E-state index contributed by atoms with van der Waals surface area (Å²) in [4.78, 5) is 11.1. The van der Waals surface area contributed by atoms with Crippen molar-refractivity contribution in [1.29, 1.82) is 0 Å².